The topological polar surface area (TPSA) is 135 Å². The molecule has 0 radical (unpaired) electrons. The third kappa shape index (κ3) is 5.94. The van der Waals surface area contributed by atoms with Crippen LogP contribution >= 0.6 is 15.9 Å². The summed E-state index contributed by atoms with van der Waals surface area (Å²) in [4.78, 5) is 59.8. The van der Waals surface area contributed by atoms with Crippen LogP contribution in [-0.4, -0.2) is 84.4 Å². The molecule has 0 saturated carbocycles. The van der Waals surface area contributed by atoms with E-state index in [9.17, 15) is 19.5 Å². The van der Waals surface area contributed by atoms with Crippen molar-refractivity contribution in [2.24, 2.45) is 17.8 Å². The lowest BCUT2D eigenvalue weighted by Crippen LogP contribution is -2.59. The summed E-state index contributed by atoms with van der Waals surface area (Å²) >= 11 is 3.60. The summed E-state index contributed by atoms with van der Waals surface area (Å²) in [6.45, 7) is 3.40. The molecule has 12 heteroatoms. The number of benzene rings is 2. The van der Waals surface area contributed by atoms with E-state index in [1.807, 2.05) is 50.3 Å². The van der Waals surface area contributed by atoms with Crippen LogP contribution in [0.3, 0.4) is 0 Å². The van der Waals surface area contributed by atoms with Gasteiger partial charge in [0.25, 0.3) is 5.91 Å². The van der Waals surface area contributed by atoms with E-state index < -0.39 is 65.4 Å². The van der Waals surface area contributed by atoms with Crippen LogP contribution in [-0.2, 0) is 28.7 Å². The van der Waals surface area contributed by atoms with Crippen molar-refractivity contribution in [1.82, 2.24) is 10.2 Å². The van der Waals surface area contributed by atoms with Crippen molar-refractivity contribution in [3.63, 3.8) is 0 Å². The summed E-state index contributed by atoms with van der Waals surface area (Å²) in [5, 5.41) is 13.7. The number of ether oxygens (including phenoxy) is 3. The monoisotopic (exact) mass is 721 g/mol. The second-order valence-corrected chi connectivity index (χ2v) is 13.8. The van der Waals surface area contributed by atoms with Gasteiger partial charge >= 0.3 is 5.97 Å². The van der Waals surface area contributed by atoms with Crippen LogP contribution in [0.4, 0.5) is 5.69 Å². The molecule has 0 unspecified atom stereocenters. The second kappa shape index (κ2) is 13.9. The fraction of sp³-hybridized carbons (Fsp3) is 0.444. The summed E-state index contributed by atoms with van der Waals surface area (Å²) in [5.74, 6) is -3.42. The number of amides is 3. The minimum atomic E-state index is -1.49. The van der Waals surface area contributed by atoms with E-state index in [4.69, 9.17) is 14.2 Å². The van der Waals surface area contributed by atoms with Gasteiger partial charge in [-0.2, -0.15) is 0 Å². The van der Waals surface area contributed by atoms with Gasteiger partial charge in [-0.05, 0) is 48.2 Å². The number of hydrogen-bond donors (Lipinski definition) is 2. The number of hydrogen-bond acceptors (Lipinski definition) is 8. The molecular weight excluding hydrogens is 682 g/mol. The van der Waals surface area contributed by atoms with Gasteiger partial charge in [-0.25, -0.2) is 0 Å². The van der Waals surface area contributed by atoms with Crippen LogP contribution in [0.15, 0.2) is 77.3 Å². The highest BCUT2D eigenvalue weighted by Crippen LogP contribution is 2.59. The first-order valence-electron chi connectivity index (χ1n) is 16.2. The molecule has 1 spiro atoms. The first-order chi connectivity index (χ1) is 23.1. The van der Waals surface area contributed by atoms with Crippen molar-refractivity contribution in [2.75, 3.05) is 31.8 Å². The Bertz CT molecular complexity index is 1610. The zero-order chi connectivity index (χ0) is 34.2. The number of carbonyl (C=O) groups is 4. The maximum Gasteiger partial charge on any atom is 0.306 e. The molecule has 0 aliphatic carbocycles. The Morgan fingerprint density at radius 2 is 1.77 bits per heavy atom. The standard InChI is InChI=1S/C36H40BrN3O8/c1-21(2)27(19-41)40-32-35(45)39(23-13-15-24(46-3)16-14-23)17-9-5-8-12-28(42)47-20-26(22-10-6-4-7-11-22)38-33(43)29-30(34(40)44)36(32)18-25(37)31(29)48-36/h4-7,9-11,13-16,18,21,26-27,29-32,41H,8,12,17,19-20H2,1-3H3,(H,38,43)/b9-5-/t26-,27+,29-,30+,31-,32-,36+/m1/s1. The molecule has 2 saturated heterocycles. The highest BCUT2D eigenvalue weighted by molar-refractivity contribution is 9.11. The lowest BCUT2D eigenvalue weighted by Gasteiger charge is -2.40. The molecule has 5 bridgehead atoms. The SMILES string of the molecule is COc1ccc(N2C/C=C\CCC(=O)OC[C@H](c3ccccc3)NC(=O)[C@H]3[C@@H]4O[C@@]5(C=C4Br)[C@@H]3C(=O)N([C@@H](CO)C(C)C)[C@@H]5C2=O)cc1. The number of anilines is 1. The molecule has 3 amide bonds. The zero-order valence-corrected chi connectivity index (χ0v) is 28.7. The van der Waals surface area contributed by atoms with Gasteiger partial charge in [0.1, 0.15) is 30.1 Å². The third-order valence-corrected chi connectivity index (χ3v) is 10.4. The predicted molar refractivity (Wildman–Crippen MR) is 180 cm³/mol. The average Bonchev–Trinajstić information content (AvgIpc) is 3.68. The molecule has 48 heavy (non-hydrogen) atoms. The Labute approximate surface area is 288 Å². The molecule has 11 nitrogen and oxygen atoms in total. The number of aliphatic hydroxyl groups excluding tert-OH is 1. The van der Waals surface area contributed by atoms with E-state index in [2.05, 4.69) is 21.2 Å². The van der Waals surface area contributed by atoms with E-state index in [0.717, 1.165) is 5.56 Å². The summed E-state index contributed by atoms with van der Waals surface area (Å²) in [7, 11) is 1.55. The van der Waals surface area contributed by atoms with Gasteiger partial charge in [-0.1, -0.05) is 72.3 Å². The molecule has 6 rings (SSSR count). The number of cyclic esters (lactones) is 1. The number of carbonyl (C=O) groups excluding carboxylic acids is 4. The van der Waals surface area contributed by atoms with E-state index in [1.165, 1.54) is 4.90 Å². The summed E-state index contributed by atoms with van der Waals surface area (Å²) < 4.78 is 18.2. The van der Waals surface area contributed by atoms with E-state index in [1.54, 1.807) is 48.4 Å². The number of allylic oxidation sites excluding steroid dienone is 1. The van der Waals surface area contributed by atoms with Gasteiger partial charge < -0.3 is 34.4 Å². The quantitative estimate of drug-likeness (QED) is 0.341. The Balaban J connectivity index is 1.48. The number of methoxy groups -OCH3 is 1. The number of halogens is 1. The lowest BCUT2D eigenvalue weighted by atomic mass is 9.74. The molecule has 4 aliphatic rings. The third-order valence-electron chi connectivity index (χ3n) is 9.76. The van der Waals surface area contributed by atoms with Crippen LogP contribution in [0.25, 0.3) is 0 Å². The average molecular weight is 723 g/mol. The lowest BCUT2D eigenvalue weighted by molar-refractivity contribution is -0.147. The predicted octanol–water partition coefficient (Wildman–Crippen LogP) is 3.67. The summed E-state index contributed by atoms with van der Waals surface area (Å²) in [6.07, 6.45) is 5.03. The number of nitrogens with zero attached hydrogens (tertiary/aromatic N) is 2. The van der Waals surface area contributed by atoms with Gasteiger partial charge in [0.2, 0.25) is 11.8 Å². The van der Waals surface area contributed by atoms with E-state index in [-0.39, 0.29) is 32.1 Å². The normalized spacial score (nSPS) is 30.5. The van der Waals surface area contributed by atoms with E-state index in [0.29, 0.717) is 22.3 Å². The molecule has 254 valence electrons. The number of aliphatic hydroxyl groups is 1. The van der Waals surface area contributed by atoms with Crippen molar-refractivity contribution < 1.29 is 38.5 Å². The van der Waals surface area contributed by atoms with Crippen molar-refractivity contribution in [2.45, 2.75) is 56.5 Å². The van der Waals surface area contributed by atoms with Crippen LogP contribution in [0.1, 0.15) is 38.3 Å². The Hall–Kier alpha value is -4.00. The highest BCUT2D eigenvalue weighted by atomic mass is 79.9. The first-order valence-corrected chi connectivity index (χ1v) is 17.0. The Kier molecular flexibility index (Phi) is 9.78. The molecule has 2 aromatic rings. The summed E-state index contributed by atoms with van der Waals surface area (Å²) in [6, 6.07) is 13.6. The van der Waals surface area contributed by atoms with Crippen LogP contribution in [0, 0.1) is 17.8 Å². The minimum Gasteiger partial charge on any atom is -0.497 e. The molecule has 4 heterocycles. The Morgan fingerprint density at radius 1 is 1.04 bits per heavy atom. The molecule has 2 fully saturated rings. The maximum absolute atomic E-state index is 15.0. The number of likely N-dealkylation sites (tertiary alicyclic amines) is 1. The smallest absolute Gasteiger partial charge is 0.306 e. The van der Waals surface area contributed by atoms with Crippen molar-refractivity contribution in [3.05, 3.63) is 82.9 Å². The fourth-order valence-electron chi connectivity index (χ4n) is 7.37. The van der Waals surface area contributed by atoms with Gasteiger partial charge in [0.05, 0.1) is 37.6 Å². The molecule has 2 N–H and O–H groups in total. The van der Waals surface area contributed by atoms with Crippen LogP contribution < -0.4 is 15.0 Å². The number of esters is 1. The molecule has 2 aromatic carbocycles. The number of nitrogens with one attached hydrogen (secondary N) is 1. The van der Waals surface area contributed by atoms with Crippen molar-refractivity contribution in [1.29, 1.82) is 0 Å². The molecular formula is C36H40BrN3O8. The second-order valence-electron chi connectivity index (χ2n) is 12.9. The number of fused-ring (bicyclic) bond motifs is 2. The van der Waals surface area contributed by atoms with Gasteiger partial charge in [-0.15, -0.1) is 0 Å². The van der Waals surface area contributed by atoms with Gasteiger partial charge in [0.15, 0.2) is 0 Å². The first kappa shape index (κ1) is 33.9. The zero-order valence-electron chi connectivity index (χ0n) is 27.1. The molecule has 7 atom stereocenters. The minimum absolute atomic E-state index is 0.101. The molecule has 4 aliphatic heterocycles. The van der Waals surface area contributed by atoms with Gasteiger partial charge in [0, 0.05) is 23.1 Å². The van der Waals surface area contributed by atoms with Crippen LogP contribution in [0.5, 0.6) is 5.75 Å². The maximum atomic E-state index is 15.0. The van der Waals surface area contributed by atoms with E-state index >= 15 is 4.79 Å². The van der Waals surface area contributed by atoms with Crippen molar-refractivity contribution >= 4 is 45.3 Å². The fourth-order valence-corrected chi connectivity index (χ4v) is 8.10. The van der Waals surface area contributed by atoms with Crippen LogP contribution in [0.2, 0.25) is 0 Å². The van der Waals surface area contributed by atoms with Gasteiger partial charge in [-0.3, -0.25) is 19.2 Å². The molecule has 0 aromatic heterocycles. The van der Waals surface area contributed by atoms with Crippen molar-refractivity contribution in [3.8, 4) is 5.75 Å². The summed E-state index contributed by atoms with van der Waals surface area (Å²) in [5.41, 5.74) is -0.206. The highest BCUT2D eigenvalue weighted by Gasteiger charge is 2.75. The number of rotatable bonds is 6. The Morgan fingerprint density at radius 3 is 2.44 bits per heavy atom. The largest absolute Gasteiger partial charge is 0.497 e.